The molecule has 0 unspecified atom stereocenters. The Bertz CT molecular complexity index is 1700. The third-order valence-electron chi connectivity index (χ3n) is 5.85. The summed E-state index contributed by atoms with van der Waals surface area (Å²) >= 11 is 5.84. The first-order valence-corrected chi connectivity index (χ1v) is 11.4. The molecule has 6 nitrogen and oxygen atoms in total. The van der Waals surface area contributed by atoms with Crippen LogP contribution in [0.2, 0.25) is 5.02 Å². The molecule has 5 rings (SSSR count). The summed E-state index contributed by atoms with van der Waals surface area (Å²) in [5.74, 6) is -1.14. The van der Waals surface area contributed by atoms with Gasteiger partial charge in [0.05, 0.1) is 11.3 Å². The summed E-state index contributed by atoms with van der Waals surface area (Å²) in [5.41, 5.74) is -0.331. The number of rotatable bonds is 5. The van der Waals surface area contributed by atoms with Crippen molar-refractivity contribution in [2.45, 2.75) is 0 Å². The Hall–Kier alpha value is -4.55. The van der Waals surface area contributed by atoms with Crippen LogP contribution in [0, 0.1) is 0 Å². The number of halogens is 1. The van der Waals surface area contributed by atoms with E-state index in [4.69, 9.17) is 16.3 Å². The second kappa shape index (κ2) is 9.60. The van der Waals surface area contributed by atoms with E-state index in [0.29, 0.717) is 32.1 Å². The molecule has 1 aromatic heterocycles. The highest BCUT2D eigenvalue weighted by molar-refractivity contribution is 6.30. The summed E-state index contributed by atoms with van der Waals surface area (Å²) in [7, 11) is 0. The Morgan fingerprint density at radius 2 is 1.22 bits per heavy atom. The quantitative estimate of drug-likeness (QED) is 0.247. The van der Waals surface area contributed by atoms with Gasteiger partial charge in [-0.05, 0) is 65.4 Å². The van der Waals surface area contributed by atoms with Crippen LogP contribution in [0.5, 0.6) is 0 Å². The summed E-state index contributed by atoms with van der Waals surface area (Å²) < 4.78 is 6.25. The first kappa shape index (κ1) is 23.2. The van der Waals surface area contributed by atoms with Crippen LogP contribution in [-0.4, -0.2) is 22.9 Å². The Balaban J connectivity index is 1.55. The highest BCUT2D eigenvalue weighted by atomic mass is 35.5. The molecule has 0 aliphatic rings. The lowest BCUT2D eigenvalue weighted by Gasteiger charge is -2.07. The van der Waals surface area contributed by atoms with Crippen LogP contribution in [0.4, 0.5) is 0 Å². The maximum atomic E-state index is 13.5. The zero-order valence-electron chi connectivity index (χ0n) is 18.8. The van der Waals surface area contributed by atoms with Crippen LogP contribution in [0.1, 0.15) is 20.7 Å². The number of aromatic nitrogens is 1. The minimum atomic E-state index is -0.755. The van der Waals surface area contributed by atoms with Crippen LogP contribution >= 0.6 is 11.6 Å². The fourth-order valence-electron chi connectivity index (χ4n) is 4.08. The topological polar surface area (TPSA) is 82.4 Å². The van der Waals surface area contributed by atoms with Gasteiger partial charge in [-0.1, -0.05) is 54.1 Å². The summed E-state index contributed by atoms with van der Waals surface area (Å²) in [5, 5.41) is 2.55. The number of hydrogen-bond donors (Lipinski definition) is 0. The van der Waals surface area contributed by atoms with Crippen LogP contribution in [0.25, 0.3) is 27.2 Å². The fraction of sp³-hybridized carbons (Fsp3) is 0.0345. The zero-order valence-corrected chi connectivity index (χ0v) is 19.6. The number of fused-ring (bicyclic) bond motifs is 3. The van der Waals surface area contributed by atoms with Crippen LogP contribution in [0.15, 0.2) is 107 Å². The zero-order chi connectivity index (χ0) is 25.2. The maximum absolute atomic E-state index is 13.5. The predicted molar refractivity (Wildman–Crippen MR) is 139 cm³/mol. The first-order valence-electron chi connectivity index (χ1n) is 11.1. The Kier molecular flexibility index (Phi) is 6.19. The van der Waals surface area contributed by atoms with Crippen molar-refractivity contribution in [1.29, 1.82) is 0 Å². The summed E-state index contributed by atoms with van der Waals surface area (Å²) in [6, 6.07) is 26.3. The summed E-state index contributed by atoms with van der Waals surface area (Å²) in [4.78, 5) is 52.1. The van der Waals surface area contributed by atoms with Gasteiger partial charge in [-0.15, -0.1) is 0 Å². The molecule has 0 amide bonds. The number of benzene rings is 4. The molecule has 36 heavy (non-hydrogen) atoms. The SMILES string of the molecule is O=C(COC(=O)c1cccc(-n2c(=O)c3ccccc3c3ccccc3c2=O)c1)c1ccc(Cl)cc1. The summed E-state index contributed by atoms with van der Waals surface area (Å²) in [6.45, 7) is -0.465. The minimum absolute atomic E-state index is 0.0998. The van der Waals surface area contributed by atoms with E-state index in [2.05, 4.69) is 0 Å². The molecule has 4 aromatic carbocycles. The third-order valence-corrected chi connectivity index (χ3v) is 6.10. The van der Waals surface area contributed by atoms with E-state index >= 15 is 0 Å². The van der Waals surface area contributed by atoms with Crippen molar-refractivity contribution in [3.63, 3.8) is 0 Å². The lowest BCUT2D eigenvalue weighted by Crippen LogP contribution is -2.28. The molecule has 0 atom stereocenters. The molecule has 7 heteroatoms. The molecule has 0 bridgehead atoms. The number of esters is 1. The number of nitrogens with zero attached hydrogens (tertiary/aromatic N) is 1. The number of ketones is 1. The molecular weight excluding hydrogens is 478 g/mol. The van der Waals surface area contributed by atoms with Crippen molar-refractivity contribution in [1.82, 2.24) is 4.57 Å². The molecule has 0 fully saturated rings. The first-order chi connectivity index (χ1) is 17.4. The minimum Gasteiger partial charge on any atom is -0.454 e. The van der Waals surface area contributed by atoms with E-state index in [1.165, 1.54) is 12.1 Å². The van der Waals surface area contributed by atoms with Gasteiger partial charge in [-0.2, -0.15) is 0 Å². The molecule has 1 heterocycles. The molecule has 5 aromatic rings. The van der Waals surface area contributed by atoms with Crippen molar-refractivity contribution in [2.24, 2.45) is 0 Å². The van der Waals surface area contributed by atoms with E-state index in [1.807, 2.05) is 12.1 Å². The van der Waals surface area contributed by atoms with E-state index in [0.717, 1.165) is 4.57 Å². The largest absolute Gasteiger partial charge is 0.454 e. The fourth-order valence-corrected chi connectivity index (χ4v) is 4.21. The number of Topliss-reactive ketones (excluding diaryl/α,β-unsaturated/α-hetero) is 1. The van der Waals surface area contributed by atoms with Crippen LogP contribution < -0.4 is 11.1 Å². The van der Waals surface area contributed by atoms with Gasteiger partial charge in [0.25, 0.3) is 11.1 Å². The normalized spacial score (nSPS) is 10.9. The summed E-state index contributed by atoms with van der Waals surface area (Å²) in [6.07, 6.45) is 0. The average molecular weight is 496 g/mol. The van der Waals surface area contributed by atoms with Crippen molar-refractivity contribution in [2.75, 3.05) is 6.61 Å². The van der Waals surface area contributed by atoms with Gasteiger partial charge in [-0.3, -0.25) is 14.4 Å². The van der Waals surface area contributed by atoms with Gasteiger partial charge in [0.2, 0.25) is 0 Å². The number of carbonyl (C=O) groups excluding carboxylic acids is 2. The second-order valence-electron chi connectivity index (χ2n) is 8.09. The third kappa shape index (κ3) is 4.30. The van der Waals surface area contributed by atoms with Crippen molar-refractivity contribution < 1.29 is 14.3 Å². The Morgan fingerprint density at radius 3 is 1.81 bits per heavy atom. The van der Waals surface area contributed by atoms with Crippen molar-refractivity contribution >= 4 is 44.9 Å². The molecule has 176 valence electrons. The van der Waals surface area contributed by atoms with E-state index < -0.39 is 23.7 Å². The number of carbonyl (C=O) groups is 2. The lowest BCUT2D eigenvalue weighted by molar-refractivity contribution is 0.0474. The number of hydrogen-bond acceptors (Lipinski definition) is 5. The molecule has 0 aliphatic carbocycles. The average Bonchev–Trinajstić information content (AvgIpc) is 3.00. The van der Waals surface area contributed by atoms with E-state index in [9.17, 15) is 19.2 Å². The van der Waals surface area contributed by atoms with E-state index in [1.54, 1.807) is 72.8 Å². The predicted octanol–water partition coefficient (Wildman–Crippen LogP) is 5.20. The van der Waals surface area contributed by atoms with Crippen LogP contribution in [0.3, 0.4) is 0 Å². The molecule has 0 N–H and O–H groups in total. The van der Waals surface area contributed by atoms with Crippen molar-refractivity contribution in [3.8, 4) is 5.69 Å². The molecule has 0 saturated heterocycles. The smallest absolute Gasteiger partial charge is 0.338 e. The Morgan fingerprint density at radius 1 is 0.667 bits per heavy atom. The van der Waals surface area contributed by atoms with E-state index in [-0.39, 0.29) is 17.0 Å². The van der Waals surface area contributed by atoms with Crippen LogP contribution in [-0.2, 0) is 4.74 Å². The highest BCUT2D eigenvalue weighted by Gasteiger charge is 2.16. The van der Waals surface area contributed by atoms with Crippen molar-refractivity contribution in [3.05, 3.63) is 134 Å². The highest BCUT2D eigenvalue weighted by Crippen LogP contribution is 2.20. The lowest BCUT2D eigenvalue weighted by atomic mass is 10.1. The molecule has 0 saturated carbocycles. The Labute approximate surface area is 210 Å². The molecule has 0 spiro atoms. The van der Waals surface area contributed by atoms with Gasteiger partial charge in [0, 0.05) is 21.4 Å². The number of ether oxygens (including phenoxy) is 1. The van der Waals surface area contributed by atoms with Gasteiger partial charge >= 0.3 is 5.97 Å². The van der Waals surface area contributed by atoms with Gasteiger partial charge < -0.3 is 4.74 Å². The van der Waals surface area contributed by atoms with Gasteiger partial charge in [0.1, 0.15) is 0 Å². The molecule has 0 aliphatic heterocycles. The maximum Gasteiger partial charge on any atom is 0.338 e. The second-order valence-corrected chi connectivity index (χ2v) is 8.53. The molecular formula is C29H18ClNO5. The van der Waals surface area contributed by atoms with Gasteiger partial charge in [0.15, 0.2) is 12.4 Å². The van der Waals surface area contributed by atoms with Gasteiger partial charge in [-0.25, -0.2) is 9.36 Å². The standard InChI is InChI=1S/C29H18ClNO5/c30-20-14-12-18(13-15-20)26(32)17-36-29(35)19-6-5-7-21(16-19)31-27(33)24-10-3-1-8-22(24)23-9-2-4-11-25(23)28(31)34/h1-16H,17H2. The monoisotopic (exact) mass is 495 g/mol. The molecule has 0 radical (unpaired) electrons.